The van der Waals surface area contributed by atoms with Gasteiger partial charge in [-0.2, -0.15) is 0 Å². The normalized spacial score (nSPS) is 10.7. The van der Waals surface area contributed by atoms with Gasteiger partial charge in [0.1, 0.15) is 0 Å². The van der Waals surface area contributed by atoms with E-state index in [1.54, 1.807) is 7.11 Å². The summed E-state index contributed by atoms with van der Waals surface area (Å²) in [5, 5.41) is 13.1. The van der Waals surface area contributed by atoms with Crippen molar-refractivity contribution in [1.29, 1.82) is 0 Å². The molecule has 1 aromatic rings. The maximum absolute atomic E-state index is 9.11. The lowest BCUT2D eigenvalue weighted by molar-refractivity contribution is 0.203. The third-order valence-electron chi connectivity index (χ3n) is 2.90. The van der Waals surface area contributed by atoms with Crippen LogP contribution in [0.15, 0.2) is 18.2 Å². The van der Waals surface area contributed by atoms with Gasteiger partial charge in [-0.25, -0.2) is 0 Å². The summed E-state index contributed by atoms with van der Waals surface area (Å²) >= 11 is 6.28. The average Bonchev–Trinajstić information content (AvgIpc) is 2.42. The van der Waals surface area contributed by atoms with Gasteiger partial charge >= 0.3 is 0 Å². The van der Waals surface area contributed by atoms with Gasteiger partial charge in [-0.05, 0) is 24.2 Å². The minimum Gasteiger partial charge on any atom is -0.395 e. The lowest BCUT2D eigenvalue weighted by Gasteiger charge is -2.24. The standard InChI is InChI=1S/C14H23ClN2O2/c1-3-16-11-12-4-5-13(10-14(12)15)17(6-8-18)7-9-19-2/h4-5,10,16,18H,3,6-9,11H2,1-2H3. The number of aliphatic hydroxyl groups excluding tert-OH is 1. The predicted octanol–water partition coefficient (Wildman–Crippen LogP) is 1.89. The third kappa shape index (κ3) is 5.37. The van der Waals surface area contributed by atoms with E-state index < -0.39 is 0 Å². The Bertz CT molecular complexity index is 374. The summed E-state index contributed by atoms with van der Waals surface area (Å²) in [5.74, 6) is 0. The Morgan fingerprint density at radius 3 is 2.74 bits per heavy atom. The molecule has 0 saturated carbocycles. The Hall–Kier alpha value is -0.810. The molecule has 0 heterocycles. The number of halogens is 1. The summed E-state index contributed by atoms with van der Waals surface area (Å²) in [6.07, 6.45) is 0. The van der Waals surface area contributed by atoms with Crippen molar-refractivity contribution in [3.8, 4) is 0 Å². The van der Waals surface area contributed by atoms with E-state index in [9.17, 15) is 0 Å². The summed E-state index contributed by atoms with van der Waals surface area (Å²) < 4.78 is 5.08. The van der Waals surface area contributed by atoms with Crippen LogP contribution in [0.1, 0.15) is 12.5 Å². The summed E-state index contributed by atoms with van der Waals surface area (Å²) in [7, 11) is 1.67. The highest BCUT2D eigenvalue weighted by Crippen LogP contribution is 2.23. The number of methoxy groups -OCH3 is 1. The van der Waals surface area contributed by atoms with E-state index in [0.717, 1.165) is 35.9 Å². The molecule has 2 N–H and O–H groups in total. The summed E-state index contributed by atoms with van der Waals surface area (Å²) in [6, 6.07) is 6.00. The lowest BCUT2D eigenvalue weighted by Crippen LogP contribution is -2.30. The number of ether oxygens (including phenoxy) is 1. The van der Waals surface area contributed by atoms with E-state index >= 15 is 0 Å². The molecule has 1 rings (SSSR count). The smallest absolute Gasteiger partial charge is 0.0637 e. The van der Waals surface area contributed by atoms with Gasteiger partial charge in [-0.3, -0.25) is 0 Å². The first kappa shape index (κ1) is 16.2. The summed E-state index contributed by atoms with van der Waals surface area (Å²) in [6.45, 7) is 5.80. The minimum atomic E-state index is 0.112. The number of anilines is 1. The molecule has 5 heteroatoms. The highest BCUT2D eigenvalue weighted by Gasteiger charge is 2.08. The van der Waals surface area contributed by atoms with Crippen molar-refractivity contribution in [3.05, 3.63) is 28.8 Å². The monoisotopic (exact) mass is 286 g/mol. The van der Waals surface area contributed by atoms with Crippen LogP contribution >= 0.6 is 11.6 Å². The van der Waals surface area contributed by atoms with Crippen molar-refractivity contribution in [2.75, 3.05) is 44.9 Å². The second kappa shape index (κ2) is 9.15. The van der Waals surface area contributed by atoms with Crippen LogP contribution in [0.25, 0.3) is 0 Å². The SMILES string of the molecule is CCNCc1ccc(N(CCO)CCOC)cc1Cl. The van der Waals surface area contributed by atoms with E-state index in [1.165, 1.54) is 0 Å². The predicted molar refractivity (Wildman–Crippen MR) is 80.0 cm³/mol. The lowest BCUT2D eigenvalue weighted by atomic mass is 10.2. The Morgan fingerprint density at radius 2 is 2.16 bits per heavy atom. The third-order valence-corrected chi connectivity index (χ3v) is 3.25. The van der Waals surface area contributed by atoms with Crippen LogP contribution < -0.4 is 10.2 Å². The highest BCUT2D eigenvalue weighted by atomic mass is 35.5. The van der Waals surface area contributed by atoms with Crippen LogP contribution in [0, 0.1) is 0 Å². The van der Waals surface area contributed by atoms with Crippen LogP contribution in [0.4, 0.5) is 5.69 Å². The molecule has 108 valence electrons. The molecule has 4 nitrogen and oxygen atoms in total. The molecule has 0 atom stereocenters. The number of aliphatic hydroxyl groups is 1. The Kier molecular flexibility index (Phi) is 7.82. The molecule has 0 spiro atoms. The van der Waals surface area contributed by atoms with Gasteiger partial charge < -0.3 is 20.1 Å². The fourth-order valence-corrected chi connectivity index (χ4v) is 2.07. The van der Waals surface area contributed by atoms with Crippen LogP contribution in [0.3, 0.4) is 0 Å². The van der Waals surface area contributed by atoms with E-state index in [2.05, 4.69) is 17.1 Å². The van der Waals surface area contributed by atoms with E-state index in [-0.39, 0.29) is 6.61 Å². The summed E-state index contributed by atoms with van der Waals surface area (Å²) in [5.41, 5.74) is 2.10. The maximum atomic E-state index is 9.11. The minimum absolute atomic E-state index is 0.112. The zero-order valence-corrected chi connectivity index (χ0v) is 12.4. The number of hydrogen-bond donors (Lipinski definition) is 2. The van der Waals surface area contributed by atoms with Crippen molar-refractivity contribution in [2.24, 2.45) is 0 Å². The second-order valence-electron chi connectivity index (χ2n) is 4.26. The van der Waals surface area contributed by atoms with Gasteiger partial charge in [0.25, 0.3) is 0 Å². The van der Waals surface area contributed by atoms with Gasteiger partial charge in [-0.1, -0.05) is 24.6 Å². The number of benzene rings is 1. The quantitative estimate of drug-likeness (QED) is 0.728. The van der Waals surface area contributed by atoms with Crippen molar-refractivity contribution >= 4 is 17.3 Å². The van der Waals surface area contributed by atoms with Gasteiger partial charge in [0.05, 0.1) is 13.2 Å². The first-order valence-corrected chi connectivity index (χ1v) is 6.94. The van der Waals surface area contributed by atoms with Crippen LogP contribution in [0.2, 0.25) is 5.02 Å². The van der Waals surface area contributed by atoms with E-state index in [4.69, 9.17) is 21.4 Å². The molecule has 0 aliphatic heterocycles. The van der Waals surface area contributed by atoms with Crippen LogP contribution in [-0.2, 0) is 11.3 Å². The molecular formula is C14H23ClN2O2. The number of hydrogen-bond acceptors (Lipinski definition) is 4. The number of nitrogens with one attached hydrogen (secondary N) is 1. The van der Waals surface area contributed by atoms with Crippen molar-refractivity contribution in [3.63, 3.8) is 0 Å². The topological polar surface area (TPSA) is 44.7 Å². The zero-order valence-electron chi connectivity index (χ0n) is 11.7. The first-order chi connectivity index (χ1) is 9.22. The maximum Gasteiger partial charge on any atom is 0.0637 e. The molecule has 0 amide bonds. The van der Waals surface area contributed by atoms with Gasteiger partial charge in [0.15, 0.2) is 0 Å². The molecule has 0 aliphatic carbocycles. The zero-order chi connectivity index (χ0) is 14.1. The molecular weight excluding hydrogens is 264 g/mol. The average molecular weight is 287 g/mol. The van der Waals surface area contributed by atoms with Crippen molar-refractivity contribution in [2.45, 2.75) is 13.5 Å². The summed E-state index contributed by atoms with van der Waals surface area (Å²) in [4.78, 5) is 2.06. The molecule has 0 aliphatic rings. The molecule has 0 radical (unpaired) electrons. The first-order valence-electron chi connectivity index (χ1n) is 6.56. The molecule has 0 fully saturated rings. The van der Waals surface area contributed by atoms with Gasteiger partial charge in [0.2, 0.25) is 0 Å². The van der Waals surface area contributed by atoms with E-state index in [1.807, 2.05) is 18.2 Å². The molecule has 19 heavy (non-hydrogen) atoms. The number of rotatable bonds is 9. The van der Waals surface area contributed by atoms with Crippen LogP contribution in [0.5, 0.6) is 0 Å². The molecule has 1 aromatic carbocycles. The largest absolute Gasteiger partial charge is 0.395 e. The molecule has 0 saturated heterocycles. The molecule has 0 bridgehead atoms. The second-order valence-corrected chi connectivity index (χ2v) is 4.67. The highest BCUT2D eigenvalue weighted by molar-refractivity contribution is 6.31. The Morgan fingerprint density at radius 1 is 1.37 bits per heavy atom. The Balaban J connectivity index is 2.77. The van der Waals surface area contributed by atoms with Crippen molar-refractivity contribution < 1.29 is 9.84 Å². The van der Waals surface area contributed by atoms with E-state index in [0.29, 0.717) is 13.2 Å². The van der Waals surface area contributed by atoms with Crippen molar-refractivity contribution in [1.82, 2.24) is 5.32 Å². The van der Waals surface area contributed by atoms with Gasteiger partial charge in [-0.15, -0.1) is 0 Å². The fourth-order valence-electron chi connectivity index (χ4n) is 1.83. The molecule has 0 unspecified atom stereocenters. The number of nitrogens with zero attached hydrogens (tertiary/aromatic N) is 1. The Labute approximate surface area is 120 Å². The van der Waals surface area contributed by atoms with Crippen LogP contribution in [-0.4, -0.2) is 45.1 Å². The fraction of sp³-hybridized carbons (Fsp3) is 0.571. The van der Waals surface area contributed by atoms with Gasteiger partial charge in [0, 0.05) is 37.5 Å². The molecule has 0 aromatic heterocycles.